The van der Waals surface area contributed by atoms with Crippen LogP contribution in [0.1, 0.15) is 114 Å². The van der Waals surface area contributed by atoms with Gasteiger partial charge in [0.25, 0.3) is 0 Å². The molecule has 0 saturated carbocycles. The lowest BCUT2D eigenvalue weighted by Gasteiger charge is -2.42. The van der Waals surface area contributed by atoms with Crippen LogP contribution < -0.4 is 0 Å². The van der Waals surface area contributed by atoms with E-state index in [1.54, 1.807) is 0 Å². The molecule has 2 nitrogen and oxygen atoms in total. The monoisotopic (exact) mass is 442 g/mol. The van der Waals surface area contributed by atoms with Gasteiger partial charge in [0.15, 0.2) is 6.29 Å². The molecule has 0 aromatic carbocycles. The van der Waals surface area contributed by atoms with E-state index in [9.17, 15) is 0 Å². The molecule has 0 aliphatic heterocycles. The molecule has 0 aromatic heterocycles. The first-order valence-electron chi connectivity index (χ1n) is 12.9. The van der Waals surface area contributed by atoms with E-state index in [4.69, 9.17) is 9.47 Å². The summed E-state index contributed by atoms with van der Waals surface area (Å²) in [6.07, 6.45) is 18.1. The summed E-state index contributed by atoms with van der Waals surface area (Å²) in [6.45, 7) is 20.1. The van der Waals surface area contributed by atoms with Crippen LogP contribution in [0.4, 0.5) is 0 Å². The third-order valence-electron chi connectivity index (χ3n) is 7.59. The Morgan fingerprint density at radius 3 is 1.75 bits per heavy atom. The van der Waals surface area contributed by atoms with E-state index in [0.29, 0.717) is 11.8 Å². The van der Waals surface area contributed by atoms with Crippen molar-refractivity contribution in [2.24, 2.45) is 11.8 Å². The minimum Gasteiger partial charge on any atom is -0.343 e. The van der Waals surface area contributed by atoms with Crippen LogP contribution in [0, 0.1) is 11.8 Å². The minimum absolute atomic E-state index is 0.225. The van der Waals surface area contributed by atoms with E-state index in [2.05, 4.69) is 86.6 Å². The Kier molecular flexibility index (Phi) is 10.0. The summed E-state index contributed by atoms with van der Waals surface area (Å²) < 4.78 is 13.6. The first-order chi connectivity index (χ1) is 14.9. The van der Waals surface area contributed by atoms with Crippen molar-refractivity contribution in [3.05, 3.63) is 46.6 Å². The van der Waals surface area contributed by atoms with Crippen molar-refractivity contribution < 1.29 is 9.47 Å². The Morgan fingerprint density at radius 1 is 0.906 bits per heavy atom. The summed E-state index contributed by atoms with van der Waals surface area (Å²) in [5.74, 6) is 1.06. The van der Waals surface area contributed by atoms with Gasteiger partial charge in [0.2, 0.25) is 0 Å². The third kappa shape index (κ3) is 8.67. The fraction of sp³-hybridized carbons (Fsp3) is 0.733. The zero-order chi connectivity index (χ0) is 23.9. The second-order valence-electron chi connectivity index (χ2n) is 11.7. The topological polar surface area (TPSA) is 18.5 Å². The summed E-state index contributed by atoms with van der Waals surface area (Å²) in [6, 6.07) is 0. The van der Waals surface area contributed by atoms with Crippen molar-refractivity contribution in [2.75, 3.05) is 0 Å². The molecule has 2 rings (SSSR count). The molecule has 0 N–H and O–H groups in total. The van der Waals surface area contributed by atoms with Crippen LogP contribution in [0.3, 0.4) is 0 Å². The molecule has 0 aromatic rings. The zero-order valence-electron chi connectivity index (χ0n) is 22.5. The van der Waals surface area contributed by atoms with E-state index >= 15 is 0 Å². The maximum Gasteiger partial charge on any atom is 0.178 e. The Hall–Kier alpha value is -1.12. The molecule has 2 aliphatic carbocycles. The lowest BCUT2D eigenvalue weighted by molar-refractivity contribution is -0.243. The number of rotatable bonds is 10. The first kappa shape index (κ1) is 27.1. The van der Waals surface area contributed by atoms with E-state index in [0.717, 1.165) is 25.7 Å². The molecule has 182 valence electrons. The fourth-order valence-electron chi connectivity index (χ4n) is 4.98. The van der Waals surface area contributed by atoms with Gasteiger partial charge in [-0.3, -0.25) is 0 Å². The smallest absolute Gasteiger partial charge is 0.178 e. The predicted octanol–water partition coefficient (Wildman–Crippen LogP) is 9.09. The summed E-state index contributed by atoms with van der Waals surface area (Å²) in [5.41, 5.74) is 5.31. The second-order valence-corrected chi connectivity index (χ2v) is 11.7. The van der Waals surface area contributed by atoms with Crippen LogP contribution in [0.2, 0.25) is 0 Å². The molecule has 0 saturated heterocycles. The van der Waals surface area contributed by atoms with Crippen LogP contribution in [0.5, 0.6) is 0 Å². The van der Waals surface area contributed by atoms with Crippen molar-refractivity contribution >= 4 is 0 Å². The maximum atomic E-state index is 6.80. The summed E-state index contributed by atoms with van der Waals surface area (Å²) in [7, 11) is 0. The van der Waals surface area contributed by atoms with Gasteiger partial charge in [-0.05, 0) is 132 Å². The van der Waals surface area contributed by atoms with Crippen molar-refractivity contribution in [3.8, 4) is 0 Å². The zero-order valence-corrected chi connectivity index (χ0v) is 22.5. The highest BCUT2D eigenvalue weighted by molar-refractivity contribution is 5.08. The van der Waals surface area contributed by atoms with Gasteiger partial charge in [-0.25, -0.2) is 0 Å². The fourth-order valence-corrected chi connectivity index (χ4v) is 4.98. The van der Waals surface area contributed by atoms with E-state index in [1.807, 2.05) is 0 Å². The summed E-state index contributed by atoms with van der Waals surface area (Å²) in [5, 5.41) is 0. The van der Waals surface area contributed by atoms with Gasteiger partial charge in [0.05, 0.1) is 11.2 Å². The van der Waals surface area contributed by atoms with E-state index in [-0.39, 0.29) is 17.5 Å². The quantitative estimate of drug-likeness (QED) is 0.248. The molecule has 2 atom stereocenters. The summed E-state index contributed by atoms with van der Waals surface area (Å²) >= 11 is 0. The lowest BCUT2D eigenvalue weighted by atomic mass is 9.79. The van der Waals surface area contributed by atoms with E-state index in [1.165, 1.54) is 48.0 Å². The Balaban J connectivity index is 2.17. The second kappa shape index (κ2) is 11.8. The average molecular weight is 443 g/mol. The Morgan fingerprint density at radius 2 is 1.38 bits per heavy atom. The maximum absolute atomic E-state index is 6.80. The highest BCUT2D eigenvalue weighted by Gasteiger charge is 2.38. The molecule has 0 heterocycles. The van der Waals surface area contributed by atoms with Crippen LogP contribution in [0.25, 0.3) is 0 Å². The number of hydrogen-bond acceptors (Lipinski definition) is 2. The van der Waals surface area contributed by atoms with Gasteiger partial charge in [0.1, 0.15) is 0 Å². The van der Waals surface area contributed by atoms with Gasteiger partial charge >= 0.3 is 0 Å². The Labute approximate surface area is 199 Å². The molecule has 32 heavy (non-hydrogen) atoms. The molecule has 0 spiro atoms. The molecule has 0 radical (unpaired) electrons. The van der Waals surface area contributed by atoms with Gasteiger partial charge in [-0.2, -0.15) is 0 Å². The molecule has 0 amide bonds. The molecule has 0 unspecified atom stereocenters. The van der Waals surface area contributed by atoms with Gasteiger partial charge in [-0.15, -0.1) is 0 Å². The van der Waals surface area contributed by atoms with Crippen molar-refractivity contribution in [1.82, 2.24) is 0 Å². The predicted molar refractivity (Wildman–Crippen MR) is 139 cm³/mol. The molecule has 2 aliphatic rings. The molecule has 0 fully saturated rings. The molecular formula is C30H50O2. The standard InChI is InChI=1S/C30H50O2/c1-22(2)11-10-12-25(5)21-28(31-29(6,7)26-17-13-23(3)14-18-26)32-30(8,9)27-19-15-24(4)16-20-27/h11,13,15,21,26-28H,10,12,14,16-20H2,1-9H3/b25-21-/t26-,27-/m0/s1. The highest BCUT2D eigenvalue weighted by Crippen LogP contribution is 2.38. The van der Waals surface area contributed by atoms with Gasteiger partial charge in [0, 0.05) is 0 Å². The van der Waals surface area contributed by atoms with Crippen LogP contribution in [-0.4, -0.2) is 17.5 Å². The highest BCUT2D eigenvalue weighted by atomic mass is 16.7. The average Bonchev–Trinajstić information content (AvgIpc) is 2.67. The van der Waals surface area contributed by atoms with Gasteiger partial charge < -0.3 is 9.47 Å². The molecule has 2 heteroatoms. The van der Waals surface area contributed by atoms with E-state index < -0.39 is 0 Å². The lowest BCUT2D eigenvalue weighted by Crippen LogP contribution is -2.44. The van der Waals surface area contributed by atoms with Crippen LogP contribution in [-0.2, 0) is 9.47 Å². The van der Waals surface area contributed by atoms with Gasteiger partial charge in [-0.1, -0.05) is 40.5 Å². The first-order valence-corrected chi connectivity index (χ1v) is 12.9. The van der Waals surface area contributed by atoms with Crippen LogP contribution in [0.15, 0.2) is 46.6 Å². The number of allylic oxidation sites excluding steroid dienone is 7. The van der Waals surface area contributed by atoms with Crippen molar-refractivity contribution in [1.29, 1.82) is 0 Å². The third-order valence-corrected chi connectivity index (χ3v) is 7.59. The molecular weight excluding hydrogens is 392 g/mol. The summed E-state index contributed by atoms with van der Waals surface area (Å²) in [4.78, 5) is 0. The van der Waals surface area contributed by atoms with Crippen molar-refractivity contribution in [3.63, 3.8) is 0 Å². The number of ether oxygens (including phenoxy) is 2. The SMILES string of the molecule is CC(C)=CCC/C(C)=C\C(OC(C)(C)[C@H]1CC=C(C)CC1)OC(C)(C)[C@H]1CC=C(C)CC1. The Bertz CT molecular complexity index is 684. The minimum atomic E-state index is -0.314. The normalized spacial score (nSPS) is 23.1. The van der Waals surface area contributed by atoms with Crippen molar-refractivity contribution in [2.45, 2.75) is 131 Å². The largest absolute Gasteiger partial charge is 0.343 e. The number of hydrogen-bond donors (Lipinski definition) is 0. The van der Waals surface area contributed by atoms with Crippen LogP contribution >= 0.6 is 0 Å². The molecule has 0 bridgehead atoms.